The first-order chi connectivity index (χ1) is 6.29. The number of hydrogen-bond acceptors (Lipinski definition) is 3. The summed E-state index contributed by atoms with van der Waals surface area (Å²) < 4.78 is 6.18. The van der Waals surface area contributed by atoms with E-state index < -0.39 is 0 Å². The van der Waals surface area contributed by atoms with E-state index in [4.69, 9.17) is 4.74 Å². The summed E-state index contributed by atoms with van der Waals surface area (Å²) in [6.45, 7) is 4.52. The lowest BCUT2D eigenvalue weighted by Crippen LogP contribution is -2.43. The van der Waals surface area contributed by atoms with Gasteiger partial charge < -0.3 is 10.1 Å². The van der Waals surface area contributed by atoms with Gasteiger partial charge in [0.1, 0.15) is 0 Å². The van der Waals surface area contributed by atoms with Crippen LogP contribution in [0.25, 0.3) is 0 Å². The smallest absolute Gasteiger partial charge is 0.0682 e. The number of hydrogen-bond donors (Lipinski definition) is 1. The summed E-state index contributed by atoms with van der Waals surface area (Å²) in [6, 6.07) is 0. The van der Waals surface area contributed by atoms with E-state index in [1.807, 2.05) is 11.8 Å². The molecule has 0 aliphatic carbocycles. The van der Waals surface area contributed by atoms with Crippen LogP contribution in [-0.2, 0) is 4.74 Å². The van der Waals surface area contributed by atoms with E-state index in [1.54, 1.807) is 0 Å². The van der Waals surface area contributed by atoms with Gasteiger partial charge in [-0.15, -0.1) is 0 Å². The topological polar surface area (TPSA) is 21.3 Å². The number of thioether (sulfide) groups is 1. The molecule has 0 aromatic carbocycles. The average Bonchev–Trinajstić information content (AvgIpc) is 2.57. The van der Waals surface area contributed by atoms with Crippen molar-refractivity contribution in [2.24, 2.45) is 0 Å². The number of piperidine rings is 1. The molecule has 0 bridgehead atoms. The fourth-order valence-corrected chi connectivity index (χ4v) is 3.18. The van der Waals surface area contributed by atoms with Crippen LogP contribution >= 0.6 is 11.8 Å². The molecule has 2 heterocycles. The van der Waals surface area contributed by atoms with Gasteiger partial charge in [-0.2, -0.15) is 11.8 Å². The third-order valence-corrected chi connectivity index (χ3v) is 4.13. The van der Waals surface area contributed by atoms with Gasteiger partial charge in [0.05, 0.1) is 11.7 Å². The Labute approximate surface area is 84.8 Å². The van der Waals surface area contributed by atoms with Gasteiger partial charge in [-0.1, -0.05) is 0 Å². The minimum Gasteiger partial charge on any atom is -0.371 e. The van der Waals surface area contributed by atoms with E-state index in [9.17, 15) is 0 Å². The second-order valence-electron chi connectivity index (χ2n) is 4.30. The van der Waals surface area contributed by atoms with E-state index in [1.165, 1.54) is 30.8 Å². The SMILES string of the molecule is CC1(OC2CCSC2)CCNCC1. The fraction of sp³-hybridized carbons (Fsp3) is 1.00. The molecule has 1 unspecified atom stereocenters. The molecule has 0 saturated carbocycles. The molecular formula is C10H19NOS. The average molecular weight is 201 g/mol. The zero-order valence-corrected chi connectivity index (χ0v) is 9.16. The molecule has 0 spiro atoms. The molecule has 76 valence electrons. The van der Waals surface area contributed by atoms with Crippen molar-refractivity contribution in [3.63, 3.8) is 0 Å². The maximum Gasteiger partial charge on any atom is 0.0682 e. The molecular weight excluding hydrogens is 182 g/mol. The lowest BCUT2D eigenvalue weighted by atomic mass is 9.94. The van der Waals surface area contributed by atoms with Crippen LogP contribution in [-0.4, -0.2) is 36.3 Å². The van der Waals surface area contributed by atoms with Gasteiger partial charge in [-0.25, -0.2) is 0 Å². The third-order valence-electron chi connectivity index (χ3n) is 3.00. The summed E-state index contributed by atoms with van der Waals surface area (Å²) in [5.41, 5.74) is 0.167. The predicted octanol–water partition coefficient (Wildman–Crippen LogP) is 1.65. The van der Waals surface area contributed by atoms with E-state index in [2.05, 4.69) is 12.2 Å². The highest BCUT2D eigenvalue weighted by atomic mass is 32.2. The first-order valence-corrected chi connectivity index (χ1v) is 6.40. The third kappa shape index (κ3) is 2.61. The first-order valence-electron chi connectivity index (χ1n) is 5.25. The van der Waals surface area contributed by atoms with Crippen LogP contribution < -0.4 is 5.32 Å². The molecule has 2 aliphatic heterocycles. The molecule has 0 aromatic heterocycles. The van der Waals surface area contributed by atoms with Crippen LogP contribution in [0.3, 0.4) is 0 Å². The van der Waals surface area contributed by atoms with Crippen LogP contribution in [0.4, 0.5) is 0 Å². The van der Waals surface area contributed by atoms with Crippen molar-refractivity contribution in [2.75, 3.05) is 24.6 Å². The molecule has 2 saturated heterocycles. The Bertz CT molecular complexity index is 162. The molecule has 2 fully saturated rings. The van der Waals surface area contributed by atoms with Crippen molar-refractivity contribution >= 4 is 11.8 Å². The Hall–Kier alpha value is 0.270. The Balaban J connectivity index is 1.83. The monoisotopic (exact) mass is 201 g/mol. The van der Waals surface area contributed by atoms with Gasteiger partial charge in [-0.3, -0.25) is 0 Å². The normalized spacial score (nSPS) is 33.5. The summed E-state index contributed by atoms with van der Waals surface area (Å²) in [7, 11) is 0. The molecule has 13 heavy (non-hydrogen) atoms. The number of nitrogens with one attached hydrogen (secondary N) is 1. The molecule has 3 heteroatoms. The van der Waals surface area contributed by atoms with Crippen LogP contribution in [0.1, 0.15) is 26.2 Å². The van der Waals surface area contributed by atoms with Gasteiger partial charge in [0.15, 0.2) is 0 Å². The minimum atomic E-state index is 0.167. The van der Waals surface area contributed by atoms with Gasteiger partial charge in [-0.05, 0) is 45.0 Å². The number of ether oxygens (including phenoxy) is 1. The summed E-state index contributed by atoms with van der Waals surface area (Å²) in [6.07, 6.45) is 4.14. The Morgan fingerprint density at radius 3 is 2.77 bits per heavy atom. The standard InChI is InChI=1S/C10H19NOS/c1-10(3-5-11-6-4-10)12-9-2-7-13-8-9/h9,11H,2-8H2,1H3. The van der Waals surface area contributed by atoms with Crippen LogP contribution in [0.2, 0.25) is 0 Å². The van der Waals surface area contributed by atoms with Gasteiger partial charge in [0.25, 0.3) is 0 Å². The van der Waals surface area contributed by atoms with Crippen molar-refractivity contribution < 1.29 is 4.74 Å². The van der Waals surface area contributed by atoms with Crippen LogP contribution in [0.15, 0.2) is 0 Å². The lowest BCUT2D eigenvalue weighted by molar-refractivity contribution is -0.0880. The Kier molecular flexibility index (Phi) is 3.17. The van der Waals surface area contributed by atoms with Crippen molar-refractivity contribution in [2.45, 2.75) is 37.9 Å². The Morgan fingerprint density at radius 1 is 1.38 bits per heavy atom. The second-order valence-corrected chi connectivity index (χ2v) is 5.45. The van der Waals surface area contributed by atoms with E-state index >= 15 is 0 Å². The highest BCUT2D eigenvalue weighted by Gasteiger charge is 2.31. The maximum absolute atomic E-state index is 6.18. The molecule has 0 amide bonds. The molecule has 2 aliphatic rings. The largest absolute Gasteiger partial charge is 0.371 e. The quantitative estimate of drug-likeness (QED) is 0.734. The molecule has 1 atom stereocenters. The maximum atomic E-state index is 6.18. The van der Waals surface area contributed by atoms with E-state index in [0.29, 0.717) is 6.10 Å². The molecule has 0 aromatic rings. The highest BCUT2D eigenvalue weighted by Crippen LogP contribution is 2.29. The molecule has 0 radical (unpaired) electrons. The summed E-state index contributed by atoms with van der Waals surface area (Å²) >= 11 is 2.03. The fourth-order valence-electron chi connectivity index (χ4n) is 2.08. The number of rotatable bonds is 2. The van der Waals surface area contributed by atoms with Crippen molar-refractivity contribution in [1.29, 1.82) is 0 Å². The zero-order valence-electron chi connectivity index (χ0n) is 8.34. The molecule has 2 nitrogen and oxygen atoms in total. The first kappa shape index (κ1) is 9.81. The van der Waals surface area contributed by atoms with E-state index in [0.717, 1.165) is 13.1 Å². The highest BCUT2D eigenvalue weighted by molar-refractivity contribution is 7.99. The predicted molar refractivity (Wildman–Crippen MR) is 57.3 cm³/mol. The van der Waals surface area contributed by atoms with Crippen molar-refractivity contribution in [3.05, 3.63) is 0 Å². The Morgan fingerprint density at radius 2 is 2.15 bits per heavy atom. The van der Waals surface area contributed by atoms with Crippen molar-refractivity contribution in [1.82, 2.24) is 5.32 Å². The van der Waals surface area contributed by atoms with E-state index in [-0.39, 0.29) is 5.60 Å². The molecule has 2 rings (SSSR count). The summed E-state index contributed by atoms with van der Waals surface area (Å²) in [4.78, 5) is 0. The second kappa shape index (κ2) is 4.20. The van der Waals surface area contributed by atoms with Gasteiger partial charge in [0, 0.05) is 5.75 Å². The van der Waals surface area contributed by atoms with Gasteiger partial charge in [0.2, 0.25) is 0 Å². The zero-order chi connectivity index (χ0) is 9.15. The summed E-state index contributed by atoms with van der Waals surface area (Å²) in [5, 5.41) is 3.38. The van der Waals surface area contributed by atoms with Crippen LogP contribution in [0.5, 0.6) is 0 Å². The van der Waals surface area contributed by atoms with Crippen LogP contribution in [0, 0.1) is 0 Å². The minimum absolute atomic E-state index is 0.167. The summed E-state index contributed by atoms with van der Waals surface area (Å²) in [5.74, 6) is 2.50. The lowest BCUT2D eigenvalue weighted by Gasteiger charge is -2.36. The van der Waals surface area contributed by atoms with Crippen molar-refractivity contribution in [3.8, 4) is 0 Å². The van der Waals surface area contributed by atoms with Gasteiger partial charge >= 0.3 is 0 Å². The molecule has 1 N–H and O–H groups in total.